The van der Waals surface area contributed by atoms with E-state index in [-0.39, 0.29) is 18.8 Å². The Labute approximate surface area is 205 Å². The van der Waals surface area contributed by atoms with E-state index in [0.29, 0.717) is 14.9 Å². The van der Waals surface area contributed by atoms with E-state index in [1.54, 1.807) is 32.0 Å². The summed E-state index contributed by atoms with van der Waals surface area (Å²) in [5.74, 6) is -1.51. The van der Waals surface area contributed by atoms with E-state index in [1.165, 1.54) is 5.01 Å². The van der Waals surface area contributed by atoms with E-state index in [1.807, 2.05) is 24.3 Å². The van der Waals surface area contributed by atoms with E-state index >= 15 is 0 Å². The standard InChI is InChI=1S/C22H23Cl2N5O5/c1-13(2)34-22(32)20(30)12-28(26-21(31)19-11-29(33)27-25-19)10-14-3-5-15(6-4-14)17-9-16(23)7-8-18(17)24/h3-9,11,13,20,30,33H,10,12H2,1-2H3,(H,26,31)/t20-/m1/s1. The Kier molecular flexibility index (Phi) is 8.46. The Morgan fingerprint density at radius 1 is 1.18 bits per heavy atom. The van der Waals surface area contributed by atoms with E-state index in [9.17, 15) is 19.9 Å². The first kappa shape index (κ1) is 25.4. The molecular weight excluding hydrogens is 485 g/mol. The van der Waals surface area contributed by atoms with Crippen molar-refractivity contribution in [2.45, 2.75) is 32.6 Å². The van der Waals surface area contributed by atoms with Gasteiger partial charge in [0.15, 0.2) is 11.8 Å². The maximum atomic E-state index is 12.5. The van der Waals surface area contributed by atoms with Crippen LogP contribution >= 0.6 is 23.2 Å². The highest BCUT2D eigenvalue weighted by atomic mass is 35.5. The molecule has 0 radical (unpaired) electrons. The molecule has 1 aromatic heterocycles. The van der Waals surface area contributed by atoms with Crippen molar-refractivity contribution in [2.75, 3.05) is 6.54 Å². The number of rotatable bonds is 9. The molecule has 0 unspecified atom stereocenters. The van der Waals surface area contributed by atoms with Crippen molar-refractivity contribution >= 4 is 35.1 Å². The Bertz CT molecular complexity index is 1150. The average Bonchev–Trinajstić information content (AvgIpc) is 3.22. The number of hydrogen-bond donors (Lipinski definition) is 3. The molecule has 0 aliphatic carbocycles. The van der Waals surface area contributed by atoms with Crippen LogP contribution < -0.4 is 5.43 Å². The minimum Gasteiger partial charge on any atom is -0.461 e. The second-order valence-corrected chi connectivity index (χ2v) is 8.51. The summed E-state index contributed by atoms with van der Waals surface area (Å²) in [5, 5.41) is 28.8. The van der Waals surface area contributed by atoms with Crippen LogP contribution in [0.3, 0.4) is 0 Å². The number of esters is 1. The molecule has 0 saturated heterocycles. The molecule has 2 aromatic carbocycles. The maximum absolute atomic E-state index is 12.5. The van der Waals surface area contributed by atoms with Crippen molar-refractivity contribution in [2.24, 2.45) is 0 Å². The number of halogens is 2. The third kappa shape index (κ3) is 6.91. The number of carbonyl (C=O) groups is 2. The zero-order valence-corrected chi connectivity index (χ0v) is 19.9. The monoisotopic (exact) mass is 507 g/mol. The lowest BCUT2D eigenvalue weighted by Gasteiger charge is -2.25. The molecule has 1 heterocycles. The largest absolute Gasteiger partial charge is 0.461 e. The van der Waals surface area contributed by atoms with E-state index in [2.05, 4.69) is 15.7 Å². The zero-order chi connectivity index (χ0) is 24.8. The molecule has 0 aliphatic heterocycles. The first-order valence-corrected chi connectivity index (χ1v) is 11.0. The van der Waals surface area contributed by atoms with E-state index in [4.69, 9.17) is 27.9 Å². The molecule has 0 saturated carbocycles. The Morgan fingerprint density at radius 2 is 1.88 bits per heavy atom. The van der Waals surface area contributed by atoms with Crippen molar-refractivity contribution in [3.8, 4) is 11.1 Å². The van der Waals surface area contributed by atoms with E-state index in [0.717, 1.165) is 22.9 Å². The summed E-state index contributed by atoms with van der Waals surface area (Å²) >= 11 is 12.4. The van der Waals surface area contributed by atoms with Gasteiger partial charge < -0.3 is 15.1 Å². The Balaban J connectivity index is 1.77. The first-order chi connectivity index (χ1) is 16.1. The Hall–Kier alpha value is -3.18. The highest BCUT2D eigenvalue weighted by molar-refractivity contribution is 6.35. The number of aromatic nitrogens is 3. The van der Waals surface area contributed by atoms with Gasteiger partial charge in [-0.25, -0.2) is 9.80 Å². The molecule has 1 atom stereocenters. The Morgan fingerprint density at radius 3 is 2.50 bits per heavy atom. The number of hydrogen-bond acceptors (Lipinski definition) is 8. The second-order valence-electron chi connectivity index (χ2n) is 7.67. The molecule has 0 fully saturated rings. The molecule has 12 heteroatoms. The number of amides is 1. The molecule has 0 spiro atoms. The van der Waals surface area contributed by atoms with Crippen LogP contribution in [0, 0.1) is 0 Å². The van der Waals surface area contributed by atoms with Gasteiger partial charge in [-0.15, -0.1) is 5.10 Å². The molecule has 3 rings (SSSR count). The highest BCUT2D eigenvalue weighted by Crippen LogP contribution is 2.30. The number of aliphatic hydroxyl groups is 1. The van der Waals surface area contributed by atoms with Gasteiger partial charge in [0.05, 0.1) is 18.8 Å². The molecule has 34 heavy (non-hydrogen) atoms. The maximum Gasteiger partial charge on any atom is 0.336 e. The zero-order valence-electron chi connectivity index (χ0n) is 18.4. The lowest BCUT2D eigenvalue weighted by molar-refractivity contribution is -0.158. The second kappa shape index (κ2) is 11.3. The SMILES string of the molecule is CC(C)OC(=O)[C@H](O)CN(Cc1ccc(-c2cc(Cl)ccc2Cl)cc1)NC(=O)c1cn(O)nn1. The molecule has 0 aliphatic rings. The fourth-order valence-corrected chi connectivity index (χ4v) is 3.43. The van der Waals surface area contributed by atoms with Crippen LogP contribution in [0.25, 0.3) is 11.1 Å². The van der Waals surface area contributed by atoms with Crippen molar-refractivity contribution < 1.29 is 24.6 Å². The van der Waals surface area contributed by atoms with Gasteiger partial charge in [0, 0.05) is 22.2 Å². The van der Waals surface area contributed by atoms with Crippen molar-refractivity contribution in [1.29, 1.82) is 0 Å². The molecule has 1 amide bonds. The number of benzene rings is 2. The van der Waals surface area contributed by atoms with Gasteiger partial charge in [-0.2, -0.15) is 0 Å². The van der Waals surface area contributed by atoms with Crippen molar-refractivity contribution in [3.63, 3.8) is 0 Å². The van der Waals surface area contributed by atoms with Crippen LogP contribution in [0.15, 0.2) is 48.7 Å². The third-order valence-corrected chi connectivity index (χ3v) is 5.12. The van der Waals surface area contributed by atoms with Gasteiger partial charge in [0.2, 0.25) is 0 Å². The fraction of sp³-hybridized carbons (Fsp3) is 0.273. The normalized spacial score (nSPS) is 12.1. The quantitative estimate of drug-likeness (QED) is 0.229. The number of hydrazine groups is 1. The van der Waals surface area contributed by atoms with Crippen molar-refractivity contribution in [1.82, 2.24) is 25.6 Å². The average molecular weight is 508 g/mol. The first-order valence-electron chi connectivity index (χ1n) is 10.2. The van der Waals surface area contributed by atoms with E-state index < -0.39 is 24.1 Å². The number of carbonyl (C=O) groups excluding carboxylic acids is 2. The van der Waals surface area contributed by atoms with Crippen LogP contribution in [-0.2, 0) is 16.1 Å². The summed E-state index contributed by atoms with van der Waals surface area (Å²) < 4.78 is 5.03. The lowest BCUT2D eigenvalue weighted by Crippen LogP contribution is -2.47. The molecule has 0 bridgehead atoms. The summed E-state index contributed by atoms with van der Waals surface area (Å²) in [6.45, 7) is 3.20. The summed E-state index contributed by atoms with van der Waals surface area (Å²) in [4.78, 5) is 25.0. The topological polar surface area (TPSA) is 130 Å². The molecule has 3 N–H and O–H groups in total. The number of nitrogens with zero attached hydrogens (tertiary/aromatic N) is 4. The summed E-state index contributed by atoms with van der Waals surface area (Å²) in [5.41, 5.74) is 4.77. The van der Waals surface area contributed by atoms with Gasteiger partial charge in [-0.05, 0) is 48.4 Å². The van der Waals surface area contributed by atoms with Crippen LogP contribution in [0.4, 0.5) is 0 Å². The predicted molar refractivity (Wildman–Crippen MR) is 124 cm³/mol. The minimum atomic E-state index is -1.51. The van der Waals surface area contributed by atoms with Gasteiger partial charge in [-0.3, -0.25) is 10.2 Å². The van der Waals surface area contributed by atoms with Gasteiger partial charge in [0.25, 0.3) is 5.91 Å². The minimum absolute atomic E-state index is 0.134. The van der Waals surface area contributed by atoms with Gasteiger partial charge in [0.1, 0.15) is 0 Å². The van der Waals surface area contributed by atoms with Gasteiger partial charge >= 0.3 is 5.97 Å². The van der Waals surface area contributed by atoms with Crippen LogP contribution in [0.1, 0.15) is 29.9 Å². The summed E-state index contributed by atoms with van der Waals surface area (Å²) in [6.07, 6.45) is -0.906. The van der Waals surface area contributed by atoms with Crippen LogP contribution in [-0.4, -0.2) is 61.1 Å². The summed E-state index contributed by atoms with van der Waals surface area (Å²) in [7, 11) is 0. The molecule has 180 valence electrons. The third-order valence-electron chi connectivity index (χ3n) is 4.56. The lowest BCUT2D eigenvalue weighted by atomic mass is 10.0. The highest BCUT2D eigenvalue weighted by Gasteiger charge is 2.24. The van der Waals surface area contributed by atoms with Crippen molar-refractivity contribution in [3.05, 3.63) is 70.0 Å². The van der Waals surface area contributed by atoms with Gasteiger partial charge in [-0.1, -0.05) is 52.3 Å². The van der Waals surface area contributed by atoms with Crippen LogP contribution in [0.5, 0.6) is 0 Å². The molecular formula is C22H23Cl2N5O5. The summed E-state index contributed by atoms with van der Waals surface area (Å²) in [6, 6.07) is 12.5. The predicted octanol–water partition coefficient (Wildman–Crippen LogP) is 2.95. The number of ether oxygens (including phenoxy) is 1. The fourth-order valence-electron chi connectivity index (χ4n) is 3.03. The number of aliphatic hydroxyl groups excluding tert-OH is 1. The molecule has 10 nitrogen and oxygen atoms in total. The number of nitrogens with one attached hydrogen (secondary N) is 1. The van der Waals surface area contributed by atoms with Crippen LogP contribution in [0.2, 0.25) is 10.0 Å². The molecule has 3 aromatic rings. The smallest absolute Gasteiger partial charge is 0.336 e.